The van der Waals surface area contributed by atoms with Crippen molar-refractivity contribution in [1.82, 2.24) is 4.90 Å². The molecule has 0 aromatic heterocycles. The first kappa shape index (κ1) is 17.1. The van der Waals surface area contributed by atoms with Crippen LogP contribution in [0.2, 0.25) is 0 Å². The van der Waals surface area contributed by atoms with Gasteiger partial charge in [-0.1, -0.05) is 0 Å². The Labute approximate surface area is 140 Å². The van der Waals surface area contributed by atoms with Gasteiger partial charge in [-0.3, -0.25) is 15.0 Å². The van der Waals surface area contributed by atoms with E-state index in [0.717, 1.165) is 45.2 Å². The van der Waals surface area contributed by atoms with Gasteiger partial charge in [-0.05, 0) is 25.0 Å². The van der Waals surface area contributed by atoms with E-state index in [4.69, 9.17) is 9.88 Å². The summed E-state index contributed by atoms with van der Waals surface area (Å²) in [6.45, 7) is 3.16. The van der Waals surface area contributed by atoms with Crippen LogP contribution in [-0.4, -0.2) is 56.6 Å². The van der Waals surface area contributed by atoms with Gasteiger partial charge >= 0.3 is 0 Å². The normalized spacial score (nSPS) is 20.5. The highest BCUT2D eigenvalue weighted by Gasteiger charge is 2.34. The molecule has 0 aliphatic carbocycles. The zero-order valence-electron chi connectivity index (χ0n) is 13.1. The summed E-state index contributed by atoms with van der Waals surface area (Å²) in [5.74, 6) is 0. The van der Waals surface area contributed by atoms with Gasteiger partial charge in [-0.15, -0.1) is 0 Å². The molecule has 2 saturated heterocycles. The number of sulfonamides is 1. The quantitative estimate of drug-likeness (QED) is 0.581. The van der Waals surface area contributed by atoms with Crippen LogP contribution in [-0.2, 0) is 14.8 Å². The van der Waals surface area contributed by atoms with Crippen molar-refractivity contribution in [3.8, 4) is 0 Å². The third-order valence-corrected chi connectivity index (χ3v) is 5.38. The van der Waals surface area contributed by atoms with Gasteiger partial charge in [0.1, 0.15) is 5.69 Å². The Morgan fingerprint density at radius 2 is 1.96 bits per heavy atom. The summed E-state index contributed by atoms with van der Waals surface area (Å²) in [6, 6.07) is 4.28. The molecule has 1 aromatic carbocycles. The number of nitro benzene ring substituents is 1. The Kier molecular flexibility index (Phi) is 4.72. The monoisotopic (exact) mass is 356 g/mol. The molecule has 0 radical (unpaired) electrons. The van der Waals surface area contributed by atoms with Crippen molar-refractivity contribution in [2.24, 2.45) is 5.14 Å². The number of anilines is 1. The number of primary sulfonamides is 1. The molecule has 3 rings (SSSR count). The number of hydrogen-bond donors (Lipinski definition) is 2. The van der Waals surface area contributed by atoms with Gasteiger partial charge in [0.25, 0.3) is 5.69 Å². The summed E-state index contributed by atoms with van der Waals surface area (Å²) in [4.78, 5) is 12.7. The molecule has 10 heteroatoms. The SMILES string of the molecule is NS(=O)(=O)c1ccc(NC2CN(C3CCOCC3)C2)c([N+](=O)[O-])c1. The number of ether oxygens (including phenoxy) is 1. The molecule has 2 aliphatic heterocycles. The molecule has 132 valence electrons. The van der Waals surface area contributed by atoms with Crippen LogP contribution in [0.3, 0.4) is 0 Å². The third kappa shape index (κ3) is 3.66. The second kappa shape index (κ2) is 6.63. The maximum atomic E-state index is 11.3. The smallest absolute Gasteiger partial charge is 0.293 e. The fourth-order valence-corrected chi connectivity index (χ4v) is 3.67. The van der Waals surface area contributed by atoms with Crippen LogP contribution in [0.4, 0.5) is 11.4 Å². The predicted molar refractivity (Wildman–Crippen MR) is 87.3 cm³/mol. The number of hydrogen-bond acceptors (Lipinski definition) is 7. The van der Waals surface area contributed by atoms with Crippen molar-refractivity contribution in [2.75, 3.05) is 31.6 Å². The fraction of sp³-hybridized carbons (Fsp3) is 0.571. The number of likely N-dealkylation sites (tertiary alicyclic amines) is 1. The summed E-state index contributed by atoms with van der Waals surface area (Å²) in [5.41, 5.74) is 0.0232. The number of nitrogens with two attached hydrogens (primary N) is 1. The van der Waals surface area contributed by atoms with Gasteiger partial charge in [0.05, 0.1) is 15.9 Å². The van der Waals surface area contributed by atoms with E-state index < -0.39 is 14.9 Å². The maximum absolute atomic E-state index is 11.3. The highest BCUT2D eigenvalue weighted by Crippen LogP contribution is 2.30. The van der Waals surface area contributed by atoms with Gasteiger partial charge in [0.2, 0.25) is 10.0 Å². The van der Waals surface area contributed by atoms with E-state index in [1.54, 1.807) is 0 Å². The first-order valence-electron chi connectivity index (χ1n) is 7.74. The first-order chi connectivity index (χ1) is 11.3. The van der Waals surface area contributed by atoms with Crippen LogP contribution < -0.4 is 10.5 Å². The second-order valence-electron chi connectivity index (χ2n) is 6.12. The Bertz CT molecular complexity index is 727. The Morgan fingerprint density at radius 1 is 1.29 bits per heavy atom. The van der Waals surface area contributed by atoms with Crippen LogP contribution in [0.1, 0.15) is 12.8 Å². The van der Waals surface area contributed by atoms with Crippen LogP contribution in [0, 0.1) is 10.1 Å². The lowest BCUT2D eigenvalue weighted by Gasteiger charge is -2.46. The summed E-state index contributed by atoms with van der Waals surface area (Å²) in [7, 11) is -3.97. The first-order valence-corrected chi connectivity index (χ1v) is 9.29. The number of nitro groups is 1. The minimum atomic E-state index is -3.97. The average molecular weight is 356 g/mol. The van der Waals surface area contributed by atoms with E-state index in [1.165, 1.54) is 12.1 Å². The second-order valence-corrected chi connectivity index (χ2v) is 7.68. The third-order valence-electron chi connectivity index (χ3n) is 4.47. The zero-order chi connectivity index (χ0) is 17.3. The maximum Gasteiger partial charge on any atom is 0.293 e. The molecule has 1 aromatic rings. The molecule has 9 nitrogen and oxygen atoms in total. The van der Waals surface area contributed by atoms with Crippen LogP contribution in [0.15, 0.2) is 23.1 Å². The molecule has 0 saturated carbocycles. The molecule has 3 N–H and O–H groups in total. The number of nitrogens with one attached hydrogen (secondary N) is 1. The van der Waals surface area contributed by atoms with Crippen molar-refractivity contribution in [3.63, 3.8) is 0 Å². The minimum Gasteiger partial charge on any atom is -0.381 e. The molecule has 2 aliphatic rings. The topological polar surface area (TPSA) is 128 Å². The zero-order valence-corrected chi connectivity index (χ0v) is 13.9. The van der Waals surface area contributed by atoms with E-state index in [-0.39, 0.29) is 16.6 Å². The Hall–Kier alpha value is -1.75. The molecule has 2 fully saturated rings. The van der Waals surface area contributed by atoms with Crippen LogP contribution in [0.5, 0.6) is 0 Å². The summed E-state index contributed by atoms with van der Waals surface area (Å²) in [5, 5.41) is 19.4. The van der Waals surface area contributed by atoms with E-state index in [1.807, 2.05) is 0 Å². The highest BCUT2D eigenvalue weighted by atomic mass is 32.2. The lowest BCUT2D eigenvalue weighted by atomic mass is 9.99. The van der Waals surface area contributed by atoms with Gasteiger partial charge in [-0.25, -0.2) is 13.6 Å². The Balaban J connectivity index is 1.66. The number of nitrogens with zero attached hydrogens (tertiary/aromatic N) is 2. The van der Waals surface area contributed by atoms with E-state index in [9.17, 15) is 18.5 Å². The summed E-state index contributed by atoms with van der Waals surface area (Å²) in [6.07, 6.45) is 2.02. The summed E-state index contributed by atoms with van der Waals surface area (Å²) >= 11 is 0. The Morgan fingerprint density at radius 3 is 2.54 bits per heavy atom. The van der Waals surface area contributed by atoms with Crippen molar-refractivity contribution < 1.29 is 18.1 Å². The summed E-state index contributed by atoms with van der Waals surface area (Å²) < 4.78 is 28.0. The van der Waals surface area contributed by atoms with E-state index >= 15 is 0 Å². The number of rotatable bonds is 5. The lowest BCUT2D eigenvalue weighted by molar-refractivity contribution is -0.384. The standard InChI is InChI=1S/C14H20N4O5S/c15-24(21,22)12-1-2-13(14(7-12)18(19)20)16-10-8-17(9-10)11-3-5-23-6-4-11/h1-2,7,10-11,16H,3-6,8-9H2,(H2,15,21,22). The van der Waals surface area contributed by atoms with Crippen molar-refractivity contribution >= 4 is 21.4 Å². The lowest BCUT2D eigenvalue weighted by Crippen LogP contribution is -2.59. The molecule has 0 spiro atoms. The predicted octanol–water partition coefficient (Wildman–Crippen LogP) is 0.517. The average Bonchev–Trinajstić information content (AvgIpc) is 2.50. The van der Waals surface area contributed by atoms with Crippen LogP contribution >= 0.6 is 0 Å². The van der Waals surface area contributed by atoms with Crippen molar-refractivity contribution in [1.29, 1.82) is 0 Å². The van der Waals surface area contributed by atoms with Gasteiger partial charge in [-0.2, -0.15) is 0 Å². The molecular weight excluding hydrogens is 336 g/mol. The molecule has 2 heterocycles. The van der Waals surface area contributed by atoms with Crippen molar-refractivity contribution in [3.05, 3.63) is 28.3 Å². The van der Waals surface area contributed by atoms with Gasteiger partial charge in [0, 0.05) is 38.4 Å². The van der Waals surface area contributed by atoms with E-state index in [0.29, 0.717) is 11.7 Å². The van der Waals surface area contributed by atoms with Gasteiger partial charge < -0.3 is 10.1 Å². The fourth-order valence-electron chi connectivity index (χ4n) is 3.13. The van der Waals surface area contributed by atoms with E-state index in [2.05, 4.69) is 10.2 Å². The molecule has 0 amide bonds. The largest absolute Gasteiger partial charge is 0.381 e. The highest BCUT2D eigenvalue weighted by molar-refractivity contribution is 7.89. The molecule has 0 atom stereocenters. The van der Waals surface area contributed by atoms with Crippen molar-refractivity contribution in [2.45, 2.75) is 29.8 Å². The molecule has 0 bridgehead atoms. The number of benzene rings is 1. The molecule has 0 unspecified atom stereocenters. The van der Waals surface area contributed by atoms with Gasteiger partial charge in [0.15, 0.2) is 0 Å². The molecular formula is C14H20N4O5S. The molecule has 24 heavy (non-hydrogen) atoms. The minimum absolute atomic E-state index is 0.104. The van der Waals surface area contributed by atoms with Crippen LogP contribution in [0.25, 0.3) is 0 Å².